The summed E-state index contributed by atoms with van der Waals surface area (Å²) < 4.78 is 2.18. The number of aryl methyl sites for hydroxylation is 3. The van der Waals surface area contributed by atoms with Gasteiger partial charge in [-0.25, -0.2) is 4.57 Å². The van der Waals surface area contributed by atoms with Crippen molar-refractivity contribution in [1.29, 1.82) is 0 Å². The van der Waals surface area contributed by atoms with Gasteiger partial charge in [0, 0.05) is 11.5 Å². The van der Waals surface area contributed by atoms with Crippen LogP contribution in [-0.4, -0.2) is 0 Å². The van der Waals surface area contributed by atoms with Crippen LogP contribution >= 0.6 is 0 Å². The van der Waals surface area contributed by atoms with Gasteiger partial charge in [0.25, 0.3) is 0 Å². The third kappa shape index (κ3) is 2.27. The molecule has 0 spiro atoms. The molecule has 0 saturated heterocycles. The third-order valence-electron chi connectivity index (χ3n) is 4.18. The summed E-state index contributed by atoms with van der Waals surface area (Å²) in [5.41, 5.74) is 3.21. The van der Waals surface area contributed by atoms with Crippen molar-refractivity contribution in [2.24, 2.45) is 7.05 Å². The van der Waals surface area contributed by atoms with Gasteiger partial charge in [-0.1, -0.05) is 31.4 Å². The second kappa shape index (κ2) is 5.09. The molecule has 1 heterocycles. The molecule has 1 aliphatic carbocycles. The molecule has 1 aliphatic rings. The Morgan fingerprint density at radius 3 is 2.56 bits per heavy atom. The van der Waals surface area contributed by atoms with E-state index < -0.39 is 0 Å². The number of benzene rings is 1. The molecule has 0 aliphatic heterocycles. The maximum absolute atomic E-state index is 2.36. The molecular formula is C17H22N+. The standard InChI is InChI=1S/C17H22N/c1-18-12-11-15-10-9-14-7-5-3-2-4-6-8-16(14)17(15)13-18/h9-13H,2-8H2,1H3/q+1. The van der Waals surface area contributed by atoms with Crippen LogP contribution in [0.15, 0.2) is 30.6 Å². The van der Waals surface area contributed by atoms with E-state index in [0.717, 1.165) is 0 Å². The first-order valence-corrected chi connectivity index (χ1v) is 7.24. The van der Waals surface area contributed by atoms with Crippen LogP contribution in [0.3, 0.4) is 0 Å². The van der Waals surface area contributed by atoms with E-state index in [4.69, 9.17) is 0 Å². The molecule has 1 nitrogen and oxygen atoms in total. The van der Waals surface area contributed by atoms with Gasteiger partial charge in [-0.2, -0.15) is 0 Å². The molecule has 2 aromatic rings. The molecule has 3 rings (SSSR count). The van der Waals surface area contributed by atoms with Crippen molar-refractivity contribution in [3.05, 3.63) is 41.7 Å². The summed E-state index contributed by atoms with van der Waals surface area (Å²) in [5.74, 6) is 0. The van der Waals surface area contributed by atoms with E-state index in [1.807, 2.05) is 0 Å². The van der Waals surface area contributed by atoms with Crippen LogP contribution in [0, 0.1) is 0 Å². The predicted octanol–water partition coefficient (Wildman–Crippen LogP) is 3.71. The van der Waals surface area contributed by atoms with Crippen LogP contribution in [-0.2, 0) is 19.9 Å². The lowest BCUT2D eigenvalue weighted by molar-refractivity contribution is -0.670. The van der Waals surface area contributed by atoms with E-state index >= 15 is 0 Å². The van der Waals surface area contributed by atoms with Gasteiger partial charge in [0.2, 0.25) is 0 Å². The molecule has 0 N–H and O–H groups in total. The molecule has 0 fully saturated rings. The highest BCUT2D eigenvalue weighted by Gasteiger charge is 2.11. The van der Waals surface area contributed by atoms with Crippen LogP contribution in [0.25, 0.3) is 10.8 Å². The van der Waals surface area contributed by atoms with Gasteiger partial charge in [0.15, 0.2) is 12.4 Å². The summed E-state index contributed by atoms with van der Waals surface area (Å²) in [6, 6.07) is 6.90. The quantitative estimate of drug-likeness (QED) is 0.618. The SMILES string of the molecule is C[n+]1ccc2ccc3c(c2c1)CCCCCCC3. The Morgan fingerprint density at radius 1 is 0.889 bits per heavy atom. The largest absolute Gasteiger partial charge is 0.207 e. The number of aromatic nitrogens is 1. The molecule has 94 valence electrons. The third-order valence-corrected chi connectivity index (χ3v) is 4.18. The van der Waals surface area contributed by atoms with Gasteiger partial charge in [-0.3, -0.25) is 0 Å². The molecule has 1 aromatic carbocycles. The first-order valence-electron chi connectivity index (χ1n) is 7.24. The van der Waals surface area contributed by atoms with E-state index in [1.165, 1.54) is 55.7 Å². The van der Waals surface area contributed by atoms with E-state index in [1.54, 1.807) is 11.1 Å². The Labute approximate surface area is 109 Å². The van der Waals surface area contributed by atoms with Crippen LogP contribution in [0.5, 0.6) is 0 Å². The maximum atomic E-state index is 2.36. The zero-order valence-electron chi connectivity index (χ0n) is 11.3. The Balaban J connectivity index is 2.14. The van der Waals surface area contributed by atoms with Crippen LogP contribution in [0.4, 0.5) is 0 Å². The average molecular weight is 240 g/mol. The van der Waals surface area contributed by atoms with Crippen molar-refractivity contribution in [2.45, 2.75) is 44.9 Å². The monoisotopic (exact) mass is 240 g/mol. The highest BCUT2D eigenvalue weighted by molar-refractivity contribution is 5.85. The lowest BCUT2D eigenvalue weighted by Gasteiger charge is -2.10. The van der Waals surface area contributed by atoms with Gasteiger partial charge in [-0.15, -0.1) is 0 Å². The zero-order chi connectivity index (χ0) is 12.4. The molecule has 0 atom stereocenters. The van der Waals surface area contributed by atoms with E-state index in [0.29, 0.717) is 0 Å². The van der Waals surface area contributed by atoms with Crippen molar-refractivity contribution in [2.75, 3.05) is 0 Å². The summed E-state index contributed by atoms with van der Waals surface area (Å²) in [4.78, 5) is 0. The summed E-state index contributed by atoms with van der Waals surface area (Å²) in [6.45, 7) is 0. The second-order valence-corrected chi connectivity index (χ2v) is 5.58. The predicted molar refractivity (Wildman–Crippen MR) is 75.6 cm³/mol. The topological polar surface area (TPSA) is 3.88 Å². The van der Waals surface area contributed by atoms with Crippen molar-refractivity contribution in [3.63, 3.8) is 0 Å². The van der Waals surface area contributed by atoms with Crippen molar-refractivity contribution < 1.29 is 4.57 Å². The fraction of sp³-hybridized carbons (Fsp3) is 0.471. The lowest BCUT2D eigenvalue weighted by Crippen LogP contribution is -2.26. The fourth-order valence-corrected chi connectivity index (χ4v) is 3.15. The molecular weight excluding hydrogens is 218 g/mol. The van der Waals surface area contributed by atoms with Crippen molar-refractivity contribution in [1.82, 2.24) is 0 Å². The van der Waals surface area contributed by atoms with E-state index in [2.05, 4.69) is 42.2 Å². The van der Waals surface area contributed by atoms with Crippen LogP contribution in [0.1, 0.15) is 43.2 Å². The van der Waals surface area contributed by atoms with Crippen molar-refractivity contribution >= 4 is 10.8 Å². The number of nitrogens with zero attached hydrogens (tertiary/aromatic N) is 1. The summed E-state index contributed by atoms with van der Waals surface area (Å²) in [5, 5.41) is 2.87. The highest BCUT2D eigenvalue weighted by Crippen LogP contribution is 2.26. The Bertz CT molecular complexity index is 557. The van der Waals surface area contributed by atoms with Gasteiger partial charge >= 0.3 is 0 Å². The minimum atomic E-state index is 1.26. The first-order chi connectivity index (χ1) is 8.84. The second-order valence-electron chi connectivity index (χ2n) is 5.58. The Hall–Kier alpha value is -1.37. The highest BCUT2D eigenvalue weighted by atomic mass is 14.9. The molecule has 0 unspecified atom stereocenters. The summed E-state index contributed by atoms with van der Waals surface area (Å²) >= 11 is 0. The molecule has 0 radical (unpaired) electrons. The Kier molecular flexibility index (Phi) is 3.31. The Morgan fingerprint density at radius 2 is 1.67 bits per heavy atom. The number of pyridine rings is 1. The molecule has 0 saturated carbocycles. The normalized spacial score (nSPS) is 16.7. The maximum Gasteiger partial charge on any atom is 0.176 e. The van der Waals surface area contributed by atoms with E-state index in [9.17, 15) is 0 Å². The number of rotatable bonds is 0. The smallest absolute Gasteiger partial charge is 0.176 e. The first kappa shape index (κ1) is 11.7. The number of hydrogen-bond donors (Lipinski definition) is 0. The fourth-order valence-electron chi connectivity index (χ4n) is 3.15. The van der Waals surface area contributed by atoms with Gasteiger partial charge in [0.1, 0.15) is 7.05 Å². The molecule has 1 heteroatoms. The van der Waals surface area contributed by atoms with Crippen LogP contribution < -0.4 is 4.57 Å². The molecule has 0 amide bonds. The lowest BCUT2D eigenvalue weighted by atomic mass is 9.94. The number of fused-ring (bicyclic) bond motifs is 3. The molecule has 1 aromatic heterocycles. The summed E-state index contributed by atoms with van der Waals surface area (Å²) in [6.07, 6.45) is 13.9. The van der Waals surface area contributed by atoms with Gasteiger partial charge < -0.3 is 0 Å². The number of hydrogen-bond acceptors (Lipinski definition) is 0. The van der Waals surface area contributed by atoms with Crippen molar-refractivity contribution in [3.8, 4) is 0 Å². The minimum absolute atomic E-state index is 1.26. The molecule has 0 bridgehead atoms. The average Bonchev–Trinajstić information content (AvgIpc) is 2.50. The minimum Gasteiger partial charge on any atom is -0.207 e. The van der Waals surface area contributed by atoms with Gasteiger partial charge in [-0.05, 0) is 42.2 Å². The van der Waals surface area contributed by atoms with Crippen LogP contribution in [0.2, 0.25) is 0 Å². The summed E-state index contributed by atoms with van der Waals surface area (Å²) in [7, 11) is 2.12. The molecule has 18 heavy (non-hydrogen) atoms. The van der Waals surface area contributed by atoms with E-state index in [-0.39, 0.29) is 0 Å². The van der Waals surface area contributed by atoms with Gasteiger partial charge in [0.05, 0.1) is 0 Å². The zero-order valence-corrected chi connectivity index (χ0v) is 11.3.